The van der Waals surface area contributed by atoms with E-state index in [1.807, 2.05) is 78.8 Å². The van der Waals surface area contributed by atoms with Gasteiger partial charge in [0.1, 0.15) is 34.8 Å². The standard InChI is InChI=1S/C25H40N2O5.C18H35NO3.C16H29NO5.C16H29NO4.2CH4/c1-19(2)12-11-16-22(28)21(27-24(30)32-25(3,4)5)15-9-10-17-26-23(29)31-18-20-13-7-6-8-14-20;1-7-8-9-12-15(16(20)13-10-11-14(2)3)19-17(21)22-18(4,5)6;1-11(2)7-9-13(18)12(8-10-14(19)21-6)17-15(20)22-16(3,4)5;1-11(2)7-10-14(19)13(9-8-12(3)18)17-15(20)21-16(4,5)6;;/h6-8,13-14,19,21H,9-12,15-18H2,1-5H3,(H,26,29)(H,27,30);14-15H,7-13H2,1-6H3,(H,19,21);11-12H,7-10H2,1-6H3,(H,17,20);11,13H,7-10H2,1-6H3,(H,17,20);2*1H4. The van der Waals surface area contributed by atoms with Crippen molar-refractivity contribution in [2.45, 2.75) is 355 Å². The van der Waals surface area contributed by atoms with Gasteiger partial charge in [-0.2, -0.15) is 0 Å². The van der Waals surface area contributed by atoms with Gasteiger partial charge in [-0.25, -0.2) is 24.0 Å². The molecule has 0 radical (unpaired) electrons. The van der Waals surface area contributed by atoms with E-state index in [2.05, 4.69) is 65.9 Å². The monoisotopic (exact) mass is 1410 g/mol. The van der Waals surface area contributed by atoms with E-state index in [1.165, 1.54) is 14.0 Å². The van der Waals surface area contributed by atoms with E-state index in [0.717, 1.165) is 63.4 Å². The number of hydrogen-bond donors (Lipinski definition) is 5. The Labute approximate surface area is 599 Å². The van der Waals surface area contributed by atoms with E-state index in [0.29, 0.717) is 88.0 Å². The molecule has 99 heavy (non-hydrogen) atoms. The van der Waals surface area contributed by atoms with Gasteiger partial charge in [-0.05, 0) is 183 Å². The molecule has 0 bridgehead atoms. The Hall–Kier alpha value is -6.61. The van der Waals surface area contributed by atoms with Crippen LogP contribution in [0.25, 0.3) is 0 Å². The first-order valence-electron chi connectivity index (χ1n) is 35.4. The van der Waals surface area contributed by atoms with Crippen LogP contribution in [0.2, 0.25) is 0 Å². The lowest BCUT2D eigenvalue weighted by molar-refractivity contribution is -0.141. The van der Waals surface area contributed by atoms with Crippen molar-refractivity contribution >= 4 is 65.4 Å². The van der Waals surface area contributed by atoms with Crippen LogP contribution in [0.1, 0.15) is 308 Å². The van der Waals surface area contributed by atoms with Crippen LogP contribution in [-0.2, 0) is 63.8 Å². The number of amides is 5. The lowest BCUT2D eigenvalue weighted by atomic mass is 9.98. The summed E-state index contributed by atoms with van der Waals surface area (Å²) in [6.45, 7) is 42.3. The maximum absolute atomic E-state index is 12.7. The van der Waals surface area contributed by atoms with Gasteiger partial charge in [-0.15, -0.1) is 0 Å². The normalized spacial score (nSPS) is 12.4. The van der Waals surface area contributed by atoms with Crippen LogP contribution in [0.5, 0.6) is 0 Å². The van der Waals surface area contributed by atoms with Crippen molar-refractivity contribution in [3.8, 4) is 0 Å². The van der Waals surface area contributed by atoms with Crippen molar-refractivity contribution < 1.29 is 81.2 Å². The average molecular weight is 1410 g/mol. The molecule has 0 saturated heterocycles. The zero-order valence-electron chi connectivity index (χ0n) is 64.2. The third-order valence-electron chi connectivity index (χ3n) is 13.8. The molecule has 1 aromatic rings. The Morgan fingerprint density at radius 3 is 1.02 bits per heavy atom. The number of methoxy groups -OCH3 is 1. The fourth-order valence-electron chi connectivity index (χ4n) is 8.73. The van der Waals surface area contributed by atoms with Crippen LogP contribution in [0.4, 0.5) is 24.0 Å². The molecule has 0 aliphatic rings. The van der Waals surface area contributed by atoms with Gasteiger partial charge in [0, 0.05) is 45.1 Å². The molecule has 0 spiro atoms. The van der Waals surface area contributed by atoms with Gasteiger partial charge in [0.05, 0.1) is 31.3 Å². The first-order valence-corrected chi connectivity index (χ1v) is 35.4. The number of nitrogens with one attached hydrogen (secondary N) is 5. The molecule has 4 unspecified atom stereocenters. The Morgan fingerprint density at radius 1 is 0.384 bits per heavy atom. The smallest absolute Gasteiger partial charge is 0.408 e. The van der Waals surface area contributed by atoms with Crippen molar-refractivity contribution in [2.24, 2.45) is 23.7 Å². The predicted octanol–water partition coefficient (Wildman–Crippen LogP) is 17.6. The summed E-state index contributed by atoms with van der Waals surface area (Å²) in [5, 5.41) is 13.4. The van der Waals surface area contributed by atoms with Crippen LogP contribution in [0.15, 0.2) is 30.3 Å². The number of Topliss-reactive ketones (excluding diaryl/α,β-unsaturated/α-hetero) is 5. The summed E-state index contributed by atoms with van der Waals surface area (Å²) in [6, 6.07) is 7.10. The summed E-state index contributed by atoms with van der Waals surface area (Å²) < 4.78 is 30.6. The molecule has 576 valence electrons. The van der Waals surface area contributed by atoms with Gasteiger partial charge in [0.15, 0.2) is 23.1 Å². The number of ketones is 5. The Bertz CT molecular complexity index is 2440. The summed E-state index contributed by atoms with van der Waals surface area (Å²) in [5.74, 6) is 1.55. The second-order valence-corrected chi connectivity index (χ2v) is 30.4. The van der Waals surface area contributed by atoms with Gasteiger partial charge >= 0.3 is 36.4 Å². The number of rotatable bonds is 39. The highest BCUT2D eigenvalue weighted by Crippen LogP contribution is 2.18. The highest BCUT2D eigenvalue weighted by atomic mass is 16.6. The third-order valence-corrected chi connectivity index (χ3v) is 13.8. The second-order valence-electron chi connectivity index (χ2n) is 30.4. The first-order chi connectivity index (χ1) is 44.8. The minimum atomic E-state index is -0.729. The van der Waals surface area contributed by atoms with E-state index in [1.54, 1.807) is 62.3 Å². The minimum absolute atomic E-state index is 0. The molecule has 1 aromatic carbocycles. The van der Waals surface area contributed by atoms with Crippen molar-refractivity contribution in [1.29, 1.82) is 0 Å². The van der Waals surface area contributed by atoms with Crippen molar-refractivity contribution in [1.82, 2.24) is 26.6 Å². The number of carbonyl (C=O) groups is 11. The SMILES string of the molecule is C.C.CC(=O)CCC(NC(=O)OC(C)(C)C)C(=O)CCC(C)C.CC(C)CCCC(=O)C(CCCCNC(=O)OCc1ccccc1)NC(=O)OC(C)(C)C.CCCCCC(NC(=O)OC(C)(C)C)C(=O)CCCC(C)C.COC(=O)CCC(NC(=O)OC(C)(C)C)C(=O)CCC(C)C. The molecule has 0 saturated carbocycles. The minimum Gasteiger partial charge on any atom is -0.469 e. The van der Waals surface area contributed by atoms with Gasteiger partial charge in [-0.1, -0.05) is 140 Å². The molecule has 0 aromatic heterocycles. The summed E-state index contributed by atoms with van der Waals surface area (Å²) in [6.07, 6.45) is 10.7. The second kappa shape index (κ2) is 55.1. The van der Waals surface area contributed by atoms with Crippen molar-refractivity contribution in [3.05, 3.63) is 35.9 Å². The quantitative estimate of drug-likeness (QED) is 0.0232. The molecule has 0 fully saturated rings. The number of esters is 1. The highest BCUT2D eigenvalue weighted by molar-refractivity contribution is 5.90. The van der Waals surface area contributed by atoms with Crippen molar-refractivity contribution in [2.75, 3.05) is 13.7 Å². The summed E-state index contributed by atoms with van der Waals surface area (Å²) >= 11 is 0. The van der Waals surface area contributed by atoms with E-state index < -0.39 is 83.0 Å². The van der Waals surface area contributed by atoms with Gasteiger partial charge in [0.2, 0.25) is 0 Å². The summed E-state index contributed by atoms with van der Waals surface area (Å²) in [5.41, 5.74) is -1.50. The van der Waals surface area contributed by atoms with Crippen LogP contribution in [0, 0.1) is 23.7 Å². The van der Waals surface area contributed by atoms with Gasteiger partial charge in [0.25, 0.3) is 0 Å². The Kier molecular flexibility index (Phi) is 56.3. The number of carbonyl (C=O) groups excluding carboxylic acids is 11. The van der Waals surface area contributed by atoms with Crippen molar-refractivity contribution in [3.63, 3.8) is 0 Å². The van der Waals surface area contributed by atoms with E-state index in [9.17, 15) is 52.7 Å². The Morgan fingerprint density at radius 2 is 0.707 bits per heavy atom. The topological polar surface area (TPSA) is 303 Å². The molecule has 0 heterocycles. The van der Waals surface area contributed by atoms with Crippen LogP contribution in [-0.4, -0.2) is 126 Å². The van der Waals surface area contributed by atoms with E-state index >= 15 is 0 Å². The average Bonchev–Trinajstić information content (AvgIpc) is 0.946. The molecule has 4 atom stereocenters. The lowest BCUT2D eigenvalue weighted by Crippen LogP contribution is -2.43. The highest BCUT2D eigenvalue weighted by Gasteiger charge is 2.29. The van der Waals surface area contributed by atoms with Gasteiger partial charge < -0.3 is 59.8 Å². The fraction of sp³-hybridized carbons (Fsp3) is 0.779. The Balaban J connectivity index is -0.000000401. The number of unbranched alkanes of at least 4 members (excludes halogenated alkanes) is 3. The summed E-state index contributed by atoms with van der Waals surface area (Å²) in [4.78, 5) is 131. The number of alkyl carbamates (subject to hydrolysis) is 5. The first kappa shape index (κ1) is 101. The van der Waals surface area contributed by atoms with E-state index in [4.69, 9.17) is 23.7 Å². The van der Waals surface area contributed by atoms with Crippen LogP contribution in [0.3, 0.4) is 0 Å². The molecule has 1 rings (SSSR count). The predicted molar refractivity (Wildman–Crippen MR) is 395 cm³/mol. The molecule has 0 aliphatic carbocycles. The molecule has 22 nitrogen and oxygen atoms in total. The molecule has 5 amide bonds. The largest absolute Gasteiger partial charge is 0.469 e. The molecular weight excluding hydrogens is 1270 g/mol. The van der Waals surface area contributed by atoms with Gasteiger partial charge in [-0.3, -0.25) is 24.0 Å². The molecule has 22 heteroatoms. The molecule has 5 N–H and O–H groups in total. The maximum Gasteiger partial charge on any atom is 0.408 e. The molecule has 0 aliphatic heterocycles. The third kappa shape index (κ3) is 65.7. The maximum atomic E-state index is 12.7. The number of hydrogen-bond acceptors (Lipinski definition) is 17. The van der Waals surface area contributed by atoms with Crippen LogP contribution < -0.4 is 26.6 Å². The number of ether oxygens (including phenoxy) is 6. The summed E-state index contributed by atoms with van der Waals surface area (Å²) in [7, 11) is 1.29. The number of benzene rings is 1. The van der Waals surface area contributed by atoms with E-state index in [-0.39, 0.29) is 69.6 Å². The van der Waals surface area contributed by atoms with Crippen LogP contribution >= 0.6 is 0 Å². The zero-order chi connectivity index (χ0) is 75.1. The lowest BCUT2D eigenvalue weighted by Gasteiger charge is -2.23. The zero-order valence-corrected chi connectivity index (χ0v) is 64.2. The fourth-order valence-corrected chi connectivity index (χ4v) is 8.73. The molecular formula is C77H141N5O17.